The zero-order chi connectivity index (χ0) is 12.4. The van der Waals surface area contributed by atoms with E-state index in [0.29, 0.717) is 11.8 Å². The highest BCUT2D eigenvalue weighted by Crippen LogP contribution is 2.49. The smallest absolute Gasteiger partial charge is 0.0614 e. The second kappa shape index (κ2) is 4.91. The Morgan fingerprint density at radius 2 is 1.83 bits per heavy atom. The van der Waals surface area contributed by atoms with Gasteiger partial charge in [-0.15, -0.1) is 0 Å². The third-order valence-corrected chi connectivity index (χ3v) is 3.76. The average molecular weight is 239 g/mol. The van der Waals surface area contributed by atoms with Gasteiger partial charge in [-0.1, -0.05) is 30.3 Å². The molecule has 1 heterocycles. The summed E-state index contributed by atoms with van der Waals surface area (Å²) in [5.41, 5.74) is 2.52. The van der Waals surface area contributed by atoms with Gasteiger partial charge in [0, 0.05) is 12.4 Å². The first-order valence-corrected chi connectivity index (χ1v) is 6.46. The minimum absolute atomic E-state index is 0.238. The molecular weight excluding hydrogens is 222 g/mol. The van der Waals surface area contributed by atoms with E-state index in [0.717, 1.165) is 18.4 Å². The first-order chi connectivity index (χ1) is 8.84. The van der Waals surface area contributed by atoms with Crippen molar-refractivity contribution >= 4 is 0 Å². The number of benzene rings is 1. The number of pyridine rings is 1. The molecule has 1 aromatic carbocycles. The summed E-state index contributed by atoms with van der Waals surface area (Å²) in [6.45, 7) is 0. The predicted octanol–water partition coefficient (Wildman–Crippen LogP) is 2.79. The lowest BCUT2D eigenvalue weighted by Crippen LogP contribution is -2.14. The van der Waals surface area contributed by atoms with Crippen LogP contribution in [0.3, 0.4) is 0 Å². The highest BCUT2D eigenvalue weighted by atomic mass is 16.3. The van der Waals surface area contributed by atoms with Crippen LogP contribution in [-0.2, 0) is 6.42 Å². The van der Waals surface area contributed by atoms with Gasteiger partial charge in [0.25, 0.3) is 0 Å². The first-order valence-electron chi connectivity index (χ1n) is 6.46. The maximum atomic E-state index is 10.3. The summed E-state index contributed by atoms with van der Waals surface area (Å²) < 4.78 is 0. The van der Waals surface area contributed by atoms with Crippen molar-refractivity contribution < 1.29 is 5.11 Å². The van der Waals surface area contributed by atoms with Crippen LogP contribution in [0.15, 0.2) is 54.9 Å². The van der Waals surface area contributed by atoms with E-state index in [1.165, 1.54) is 5.56 Å². The maximum absolute atomic E-state index is 10.3. The Morgan fingerprint density at radius 1 is 1.11 bits per heavy atom. The molecule has 1 aromatic heterocycles. The van der Waals surface area contributed by atoms with Crippen molar-refractivity contribution in [2.24, 2.45) is 5.92 Å². The Morgan fingerprint density at radius 3 is 2.56 bits per heavy atom. The Kier molecular flexibility index (Phi) is 3.11. The number of aromatic nitrogens is 1. The molecule has 3 unspecified atom stereocenters. The maximum Gasteiger partial charge on any atom is 0.0614 e. The molecule has 1 saturated carbocycles. The fourth-order valence-corrected chi connectivity index (χ4v) is 2.64. The molecule has 3 atom stereocenters. The topological polar surface area (TPSA) is 33.1 Å². The number of rotatable bonds is 4. The average Bonchev–Trinajstić information content (AvgIpc) is 3.21. The summed E-state index contributed by atoms with van der Waals surface area (Å²) in [5.74, 6) is 0.962. The van der Waals surface area contributed by atoms with Gasteiger partial charge in [-0.25, -0.2) is 0 Å². The highest BCUT2D eigenvalue weighted by molar-refractivity contribution is 5.27. The highest BCUT2D eigenvalue weighted by Gasteiger charge is 2.42. The molecule has 18 heavy (non-hydrogen) atoms. The molecule has 3 rings (SSSR count). The Hall–Kier alpha value is -1.67. The minimum atomic E-state index is -0.238. The molecule has 0 bridgehead atoms. The molecule has 0 saturated heterocycles. The van der Waals surface area contributed by atoms with Crippen LogP contribution in [0, 0.1) is 5.92 Å². The summed E-state index contributed by atoms with van der Waals surface area (Å²) in [5, 5.41) is 10.3. The number of nitrogens with zero attached hydrogens (tertiary/aromatic N) is 1. The van der Waals surface area contributed by atoms with Crippen molar-refractivity contribution in [3.05, 3.63) is 66.0 Å². The standard InChI is InChI=1S/C16H17NO/c18-16(10-12-6-8-17-9-7-12)15-11-14(15)13-4-2-1-3-5-13/h1-9,14-16,18H,10-11H2. The first kappa shape index (κ1) is 11.4. The van der Waals surface area contributed by atoms with E-state index in [1.54, 1.807) is 12.4 Å². The summed E-state index contributed by atoms with van der Waals surface area (Å²) in [6, 6.07) is 14.4. The molecule has 1 aliphatic rings. The van der Waals surface area contributed by atoms with Crippen molar-refractivity contribution in [2.75, 3.05) is 0 Å². The lowest BCUT2D eigenvalue weighted by atomic mass is 10.0. The third kappa shape index (κ3) is 2.44. The van der Waals surface area contributed by atoms with Crippen molar-refractivity contribution in [1.29, 1.82) is 0 Å². The van der Waals surface area contributed by atoms with Crippen molar-refractivity contribution in [2.45, 2.75) is 24.9 Å². The van der Waals surface area contributed by atoms with Crippen LogP contribution in [0.2, 0.25) is 0 Å². The summed E-state index contributed by atoms with van der Waals surface area (Å²) in [7, 11) is 0. The van der Waals surface area contributed by atoms with Crippen LogP contribution in [0.5, 0.6) is 0 Å². The van der Waals surface area contributed by atoms with Crippen LogP contribution in [0.1, 0.15) is 23.5 Å². The van der Waals surface area contributed by atoms with E-state index in [2.05, 4.69) is 29.2 Å². The van der Waals surface area contributed by atoms with Gasteiger partial charge < -0.3 is 5.11 Å². The van der Waals surface area contributed by atoms with Gasteiger partial charge in [0.2, 0.25) is 0 Å². The SMILES string of the molecule is OC(Cc1ccncc1)C1CC1c1ccccc1. The normalized spacial score (nSPS) is 23.6. The van der Waals surface area contributed by atoms with E-state index in [4.69, 9.17) is 0 Å². The fraction of sp³-hybridized carbons (Fsp3) is 0.312. The van der Waals surface area contributed by atoms with E-state index >= 15 is 0 Å². The fourth-order valence-electron chi connectivity index (χ4n) is 2.64. The van der Waals surface area contributed by atoms with Gasteiger partial charge in [0.15, 0.2) is 0 Å². The quantitative estimate of drug-likeness (QED) is 0.890. The van der Waals surface area contributed by atoms with Crippen LogP contribution in [0.4, 0.5) is 0 Å². The molecule has 0 radical (unpaired) electrons. The molecule has 0 spiro atoms. The van der Waals surface area contributed by atoms with E-state index in [9.17, 15) is 5.11 Å². The summed E-state index contributed by atoms with van der Waals surface area (Å²) in [6.07, 6.45) is 5.16. The largest absolute Gasteiger partial charge is 0.392 e. The second-order valence-corrected chi connectivity index (χ2v) is 5.04. The number of aliphatic hydroxyl groups excluding tert-OH is 1. The van der Waals surface area contributed by atoms with Crippen LogP contribution in [0.25, 0.3) is 0 Å². The van der Waals surface area contributed by atoms with Crippen LogP contribution >= 0.6 is 0 Å². The molecule has 92 valence electrons. The zero-order valence-electron chi connectivity index (χ0n) is 10.2. The van der Waals surface area contributed by atoms with Gasteiger partial charge in [-0.2, -0.15) is 0 Å². The van der Waals surface area contributed by atoms with Gasteiger partial charge in [0.05, 0.1) is 6.10 Å². The van der Waals surface area contributed by atoms with E-state index in [-0.39, 0.29) is 6.10 Å². The van der Waals surface area contributed by atoms with Gasteiger partial charge >= 0.3 is 0 Å². The zero-order valence-corrected chi connectivity index (χ0v) is 10.2. The molecule has 2 heteroatoms. The van der Waals surface area contributed by atoms with E-state index in [1.807, 2.05) is 18.2 Å². The lowest BCUT2D eigenvalue weighted by Gasteiger charge is -2.10. The molecule has 1 N–H and O–H groups in total. The lowest BCUT2D eigenvalue weighted by molar-refractivity contribution is 0.149. The minimum Gasteiger partial charge on any atom is -0.392 e. The summed E-state index contributed by atoms with van der Waals surface area (Å²) in [4.78, 5) is 3.99. The van der Waals surface area contributed by atoms with E-state index < -0.39 is 0 Å². The molecule has 2 nitrogen and oxygen atoms in total. The van der Waals surface area contributed by atoms with Gasteiger partial charge in [-0.05, 0) is 47.9 Å². The Labute approximate surface area is 107 Å². The van der Waals surface area contributed by atoms with Crippen molar-refractivity contribution in [3.8, 4) is 0 Å². The van der Waals surface area contributed by atoms with Gasteiger partial charge in [0.1, 0.15) is 0 Å². The van der Waals surface area contributed by atoms with Crippen molar-refractivity contribution in [3.63, 3.8) is 0 Å². The van der Waals surface area contributed by atoms with Crippen LogP contribution < -0.4 is 0 Å². The number of aliphatic hydroxyl groups is 1. The second-order valence-electron chi connectivity index (χ2n) is 5.04. The third-order valence-electron chi connectivity index (χ3n) is 3.76. The molecule has 1 aliphatic carbocycles. The number of hydrogen-bond donors (Lipinski definition) is 1. The monoisotopic (exact) mass is 239 g/mol. The van der Waals surface area contributed by atoms with Gasteiger partial charge in [-0.3, -0.25) is 4.98 Å². The predicted molar refractivity (Wildman–Crippen MR) is 71.2 cm³/mol. The Balaban J connectivity index is 1.61. The molecule has 0 amide bonds. The van der Waals surface area contributed by atoms with Crippen molar-refractivity contribution in [1.82, 2.24) is 4.98 Å². The summed E-state index contributed by atoms with van der Waals surface area (Å²) >= 11 is 0. The van der Waals surface area contributed by atoms with Crippen LogP contribution in [-0.4, -0.2) is 16.2 Å². The molecule has 1 fully saturated rings. The molecule has 0 aliphatic heterocycles. The molecular formula is C16H17NO. The number of hydrogen-bond acceptors (Lipinski definition) is 2. The molecule has 2 aromatic rings. The Bertz CT molecular complexity index is 497.